The van der Waals surface area contributed by atoms with Gasteiger partial charge in [-0.3, -0.25) is 10.1 Å². The Labute approximate surface area is 123 Å². The maximum atomic E-state index is 14.2. The van der Waals surface area contributed by atoms with Crippen molar-refractivity contribution < 1.29 is 13.7 Å². The highest BCUT2D eigenvalue weighted by Gasteiger charge is 2.24. The lowest BCUT2D eigenvalue weighted by molar-refractivity contribution is -0.387. The maximum absolute atomic E-state index is 14.2. The molecule has 0 fully saturated rings. The number of aromatic nitrogens is 2. The molecule has 1 N–H and O–H groups in total. The quantitative estimate of drug-likeness (QED) is 0.526. The number of nitrogens with zero attached hydrogens (tertiary/aromatic N) is 2. The van der Waals surface area contributed by atoms with Gasteiger partial charge in [0.2, 0.25) is 5.82 Å². The summed E-state index contributed by atoms with van der Waals surface area (Å²) in [4.78, 5) is 16.5. The zero-order valence-corrected chi connectivity index (χ0v) is 12.0. The molecular formula is C13H11F2N3O2S. The Bertz CT molecular complexity index is 774. The van der Waals surface area contributed by atoms with Crippen molar-refractivity contribution in [1.82, 2.24) is 9.97 Å². The second-order valence-corrected chi connectivity index (χ2v) is 5.11. The Kier molecular flexibility index (Phi) is 4.08. The molecule has 0 radical (unpaired) electrons. The normalized spacial score (nSPS) is 10.9. The third-order valence-electron chi connectivity index (χ3n) is 2.89. The highest BCUT2D eigenvalue weighted by Crippen LogP contribution is 2.30. The molecule has 2 aromatic rings. The van der Waals surface area contributed by atoms with Crippen LogP contribution in [-0.2, 0) is 0 Å². The predicted octanol–water partition coefficient (Wildman–Crippen LogP) is 4.12. The number of hydrogen-bond donors (Lipinski definition) is 1. The Morgan fingerprint density at radius 1 is 1.38 bits per heavy atom. The Morgan fingerprint density at radius 2 is 2.05 bits per heavy atom. The lowest BCUT2D eigenvalue weighted by Crippen LogP contribution is -2.03. The van der Waals surface area contributed by atoms with Crippen LogP contribution in [-0.4, -0.2) is 14.9 Å². The average Bonchev–Trinajstić information content (AvgIpc) is 2.37. The van der Waals surface area contributed by atoms with Crippen molar-refractivity contribution in [3.63, 3.8) is 0 Å². The Hall–Kier alpha value is -2.22. The van der Waals surface area contributed by atoms with Gasteiger partial charge in [0.25, 0.3) is 0 Å². The van der Waals surface area contributed by atoms with E-state index in [1.54, 1.807) is 6.07 Å². The van der Waals surface area contributed by atoms with Crippen molar-refractivity contribution in [2.45, 2.75) is 19.8 Å². The summed E-state index contributed by atoms with van der Waals surface area (Å²) < 4.78 is 28.2. The molecule has 0 atom stereocenters. The van der Waals surface area contributed by atoms with E-state index in [-0.39, 0.29) is 16.4 Å². The van der Waals surface area contributed by atoms with E-state index in [9.17, 15) is 18.9 Å². The van der Waals surface area contributed by atoms with Crippen LogP contribution in [0.25, 0.3) is 11.4 Å². The summed E-state index contributed by atoms with van der Waals surface area (Å²) in [7, 11) is 0. The smallest absolute Gasteiger partial charge is 0.305 e. The van der Waals surface area contributed by atoms with Crippen molar-refractivity contribution in [1.29, 1.82) is 0 Å². The van der Waals surface area contributed by atoms with Gasteiger partial charge in [-0.2, -0.15) is 4.39 Å². The van der Waals surface area contributed by atoms with Crippen LogP contribution in [0, 0.1) is 26.4 Å². The molecule has 2 rings (SSSR count). The van der Waals surface area contributed by atoms with Gasteiger partial charge in [-0.25, -0.2) is 9.37 Å². The first-order chi connectivity index (χ1) is 9.81. The summed E-state index contributed by atoms with van der Waals surface area (Å²) in [6.45, 7) is 3.73. The maximum Gasteiger partial charge on any atom is 0.305 e. The first-order valence-corrected chi connectivity index (χ1v) is 6.46. The van der Waals surface area contributed by atoms with Crippen LogP contribution in [0.5, 0.6) is 0 Å². The minimum Gasteiger partial charge on any atom is -0.343 e. The highest BCUT2D eigenvalue weighted by atomic mass is 32.1. The predicted molar refractivity (Wildman–Crippen MR) is 75.5 cm³/mol. The second kappa shape index (κ2) is 5.65. The second-order valence-electron chi connectivity index (χ2n) is 4.69. The van der Waals surface area contributed by atoms with E-state index in [0.717, 1.165) is 12.1 Å². The third kappa shape index (κ3) is 2.94. The topological polar surface area (TPSA) is 71.8 Å². The number of halogens is 2. The molecule has 0 saturated carbocycles. The minimum absolute atomic E-state index is 0.0262. The van der Waals surface area contributed by atoms with Gasteiger partial charge in [0.15, 0.2) is 0 Å². The first-order valence-electron chi connectivity index (χ1n) is 6.05. The number of nitrogens with one attached hydrogen (secondary N) is 1. The summed E-state index contributed by atoms with van der Waals surface area (Å²) in [6.07, 6.45) is 0. The molecule has 1 aromatic carbocycles. The molecule has 110 valence electrons. The van der Waals surface area contributed by atoms with Crippen LogP contribution in [0.1, 0.15) is 25.5 Å². The SMILES string of the molecule is CC(C)c1cc(=S)nc(-c2c(F)ccc([N+](=O)[O-])c2F)[nH]1. The molecule has 0 aliphatic heterocycles. The molecule has 0 saturated heterocycles. The number of rotatable bonds is 3. The van der Waals surface area contributed by atoms with Crippen molar-refractivity contribution in [3.8, 4) is 11.4 Å². The monoisotopic (exact) mass is 311 g/mol. The van der Waals surface area contributed by atoms with Crippen LogP contribution in [0.15, 0.2) is 18.2 Å². The molecule has 0 amide bonds. The van der Waals surface area contributed by atoms with Crippen LogP contribution in [0.3, 0.4) is 0 Å². The van der Waals surface area contributed by atoms with Crippen LogP contribution in [0.2, 0.25) is 0 Å². The number of hydrogen-bond acceptors (Lipinski definition) is 4. The van der Waals surface area contributed by atoms with E-state index >= 15 is 0 Å². The zero-order chi connectivity index (χ0) is 15.7. The molecule has 8 heteroatoms. The summed E-state index contributed by atoms with van der Waals surface area (Å²) >= 11 is 4.97. The largest absolute Gasteiger partial charge is 0.343 e. The van der Waals surface area contributed by atoms with Crippen LogP contribution in [0.4, 0.5) is 14.5 Å². The third-order valence-corrected chi connectivity index (χ3v) is 3.10. The Balaban J connectivity index is 2.75. The first kappa shape index (κ1) is 15.2. The fourth-order valence-electron chi connectivity index (χ4n) is 1.81. The fourth-order valence-corrected chi connectivity index (χ4v) is 2.02. The molecule has 0 unspecified atom stereocenters. The van der Waals surface area contributed by atoms with Crippen LogP contribution < -0.4 is 0 Å². The molecule has 0 aliphatic carbocycles. The summed E-state index contributed by atoms with van der Waals surface area (Å²) in [5.74, 6) is -2.36. The lowest BCUT2D eigenvalue weighted by Gasteiger charge is -2.10. The van der Waals surface area contributed by atoms with Crippen molar-refractivity contribution in [3.05, 3.63) is 50.3 Å². The fraction of sp³-hybridized carbons (Fsp3) is 0.231. The van der Waals surface area contributed by atoms with Gasteiger partial charge in [-0.15, -0.1) is 0 Å². The van der Waals surface area contributed by atoms with Gasteiger partial charge >= 0.3 is 5.69 Å². The highest BCUT2D eigenvalue weighted by molar-refractivity contribution is 7.71. The lowest BCUT2D eigenvalue weighted by atomic mass is 10.1. The number of nitro benzene ring substituents is 1. The summed E-state index contributed by atoms with van der Waals surface area (Å²) in [5, 5.41) is 10.8. The zero-order valence-electron chi connectivity index (χ0n) is 11.2. The summed E-state index contributed by atoms with van der Waals surface area (Å²) in [6, 6.07) is 3.18. The molecule has 5 nitrogen and oxygen atoms in total. The summed E-state index contributed by atoms with van der Waals surface area (Å²) in [5.41, 5.74) is -0.768. The van der Waals surface area contributed by atoms with Gasteiger partial charge in [-0.1, -0.05) is 26.1 Å². The number of nitro groups is 1. The molecule has 0 aliphatic rings. The minimum atomic E-state index is -1.28. The van der Waals surface area contributed by atoms with Crippen molar-refractivity contribution in [2.24, 2.45) is 0 Å². The van der Waals surface area contributed by atoms with Gasteiger partial charge < -0.3 is 4.98 Å². The van der Waals surface area contributed by atoms with E-state index in [4.69, 9.17) is 12.2 Å². The average molecular weight is 311 g/mol. The molecule has 1 heterocycles. The van der Waals surface area contributed by atoms with Gasteiger partial charge in [0, 0.05) is 11.8 Å². The van der Waals surface area contributed by atoms with Crippen molar-refractivity contribution >= 4 is 17.9 Å². The van der Waals surface area contributed by atoms with Crippen LogP contribution >= 0.6 is 12.2 Å². The molecule has 0 spiro atoms. The molecule has 1 aromatic heterocycles. The van der Waals surface area contributed by atoms with E-state index in [0.29, 0.717) is 5.69 Å². The van der Waals surface area contributed by atoms with E-state index in [1.165, 1.54) is 0 Å². The van der Waals surface area contributed by atoms with E-state index in [2.05, 4.69) is 9.97 Å². The van der Waals surface area contributed by atoms with Crippen molar-refractivity contribution in [2.75, 3.05) is 0 Å². The Morgan fingerprint density at radius 3 is 2.62 bits per heavy atom. The molecule has 0 bridgehead atoms. The number of H-pyrrole nitrogens is 1. The molecular weight excluding hydrogens is 300 g/mol. The van der Waals surface area contributed by atoms with E-state index < -0.39 is 27.8 Å². The van der Waals surface area contributed by atoms with Gasteiger partial charge in [-0.05, 0) is 18.1 Å². The standard InChI is InChI=1S/C13H11F2N3O2S/c1-6(2)8-5-10(21)17-13(16-8)11-7(14)3-4-9(12(11)15)18(19)20/h3-6H,1-2H3,(H,16,17,21). The number of benzene rings is 1. The van der Waals surface area contributed by atoms with Gasteiger partial charge in [0.1, 0.15) is 16.3 Å². The molecule has 21 heavy (non-hydrogen) atoms. The van der Waals surface area contributed by atoms with E-state index in [1.807, 2.05) is 13.8 Å². The van der Waals surface area contributed by atoms with Gasteiger partial charge in [0.05, 0.1) is 10.5 Å². The number of aromatic amines is 1.